The van der Waals surface area contributed by atoms with Gasteiger partial charge >= 0.3 is 5.97 Å². The summed E-state index contributed by atoms with van der Waals surface area (Å²) in [6, 6.07) is 6.65. The molecule has 6 heteroatoms. The molecule has 2 rings (SSSR count). The summed E-state index contributed by atoms with van der Waals surface area (Å²) in [7, 11) is 0. The number of hydrogen-bond donors (Lipinski definition) is 2. The van der Waals surface area contributed by atoms with Crippen LogP contribution in [0, 0.1) is 11.8 Å². The van der Waals surface area contributed by atoms with Crippen molar-refractivity contribution in [3.63, 3.8) is 0 Å². The molecule has 0 saturated carbocycles. The molecular formula is C15H18N2O4. The van der Waals surface area contributed by atoms with Gasteiger partial charge in [-0.2, -0.15) is 0 Å². The lowest BCUT2D eigenvalue weighted by molar-refractivity contribution is -0.142. The fourth-order valence-electron chi connectivity index (χ4n) is 2.57. The minimum Gasteiger partial charge on any atom is -0.481 e. The molecule has 1 heterocycles. The van der Waals surface area contributed by atoms with Crippen LogP contribution in [0.4, 0.5) is 5.69 Å². The first-order chi connectivity index (χ1) is 9.88. The number of aliphatic carboxylic acids is 1. The predicted octanol–water partition coefficient (Wildman–Crippen LogP) is 1.44. The average molecular weight is 290 g/mol. The van der Waals surface area contributed by atoms with Crippen LogP contribution in [0.15, 0.2) is 24.3 Å². The SMILES string of the molecule is CC(=O)Nc1cccc(C(=O)N2C[C@@H](C)[C@H](C(=O)O)C2)c1. The molecule has 1 fully saturated rings. The van der Waals surface area contributed by atoms with E-state index in [2.05, 4.69) is 5.32 Å². The zero-order chi connectivity index (χ0) is 15.6. The molecule has 0 aliphatic carbocycles. The van der Waals surface area contributed by atoms with Crippen LogP contribution in [0.2, 0.25) is 0 Å². The van der Waals surface area contributed by atoms with Crippen LogP contribution in [0.1, 0.15) is 24.2 Å². The van der Waals surface area contributed by atoms with Crippen molar-refractivity contribution in [1.82, 2.24) is 4.90 Å². The third kappa shape index (κ3) is 3.39. The van der Waals surface area contributed by atoms with E-state index >= 15 is 0 Å². The van der Waals surface area contributed by atoms with Gasteiger partial charge in [-0.15, -0.1) is 0 Å². The third-order valence-electron chi connectivity index (χ3n) is 3.65. The van der Waals surface area contributed by atoms with Gasteiger partial charge in [0.25, 0.3) is 5.91 Å². The highest BCUT2D eigenvalue weighted by atomic mass is 16.4. The molecule has 21 heavy (non-hydrogen) atoms. The predicted molar refractivity (Wildman–Crippen MR) is 76.9 cm³/mol. The Hall–Kier alpha value is -2.37. The van der Waals surface area contributed by atoms with E-state index in [-0.39, 0.29) is 24.3 Å². The summed E-state index contributed by atoms with van der Waals surface area (Å²) in [5.74, 6) is -1.87. The molecule has 2 atom stereocenters. The van der Waals surface area contributed by atoms with Gasteiger partial charge in [-0.1, -0.05) is 13.0 Å². The molecule has 1 saturated heterocycles. The highest BCUT2D eigenvalue weighted by Crippen LogP contribution is 2.25. The zero-order valence-corrected chi connectivity index (χ0v) is 12.0. The number of carboxylic acid groups (broad SMARTS) is 1. The maximum atomic E-state index is 12.4. The number of carbonyl (C=O) groups is 3. The van der Waals surface area contributed by atoms with Gasteiger partial charge in [0.1, 0.15) is 0 Å². The molecule has 1 aliphatic rings. The van der Waals surface area contributed by atoms with E-state index in [1.165, 1.54) is 6.92 Å². The first-order valence-electron chi connectivity index (χ1n) is 6.78. The molecule has 0 bridgehead atoms. The lowest BCUT2D eigenvalue weighted by Crippen LogP contribution is -2.30. The molecule has 2 N–H and O–H groups in total. The molecule has 1 aliphatic heterocycles. The van der Waals surface area contributed by atoms with Crippen LogP contribution >= 0.6 is 0 Å². The minimum atomic E-state index is -0.871. The zero-order valence-electron chi connectivity index (χ0n) is 12.0. The average Bonchev–Trinajstić information content (AvgIpc) is 2.79. The van der Waals surface area contributed by atoms with Crippen molar-refractivity contribution in [2.45, 2.75) is 13.8 Å². The van der Waals surface area contributed by atoms with Gasteiger partial charge in [-0.25, -0.2) is 0 Å². The van der Waals surface area contributed by atoms with E-state index in [1.54, 1.807) is 29.2 Å². The van der Waals surface area contributed by atoms with Crippen molar-refractivity contribution in [2.75, 3.05) is 18.4 Å². The summed E-state index contributed by atoms with van der Waals surface area (Å²) in [5.41, 5.74) is 0.995. The number of carbonyl (C=O) groups excluding carboxylic acids is 2. The van der Waals surface area contributed by atoms with Gasteiger partial charge < -0.3 is 15.3 Å². The Morgan fingerprint density at radius 2 is 2.00 bits per heavy atom. The van der Waals surface area contributed by atoms with Gasteiger partial charge in [-0.3, -0.25) is 14.4 Å². The summed E-state index contributed by atoms with van der Waals surface area (Å²) >= 11 is 0. The van der Waals surface area contributed by atoms with Gasteiger partial charge in [0, 0.05) is 31.3 Å². The van der Waals surface area contributed by atoms with Crippen LogP contribution in [0.5, 0.6) is 0 Å². The Kier molecular flexibility index (Phi) is 4.26. The molecule has 0 unspecified atom stereocenters. The van der Waals surface area contributed by atoms with Gasteiger partial charge in [-0.05, 0) is 24.1 Å². The number of rotatable bonds is 3. The topological polar surface area (TPSA) is 86.7 Å². The number of anilines is 1. The van der Waals surface area contributed by atoms with Crippen molar-refractivity contribution in [3.05, 3.63) is 29.8 Å². The number of benzene rings is 1. The van der Waals surface area contributed by atoms with E-state index in [9.17, 15) is 14.4 Å². The van der Waals surface area contributed by atoms with E-state index in [0.29, 0.717) is 17.8 Å². The largest absolute Gasteiger partial charge is 0.481 e. The van der Waals surface area contributed by atoms with Crippen LogP contribution in [0.25, 0.3) is 0 Å². The Bertz CT molecular complexity index is 585. The Morgan fingerprint density at radius 3 is 2.57 bits per heavy atom. The number of likely N-dealkylation sites (tertiary alicyclic amines) is 1. The quantitative estimate of drug-likeness (QED) is 0.882. The van der Waals surface area contributed by atoms with Crippen LogP contribution in [0.3, 0.4) is 0 Å². The molecule has 1 aromatic rings. The van der Waals surface area contributed by atoms with Crippen LogP contribution in [-0.2, 0) is 9.59 Å². The number of carboxylic acids is 1. The summed E-state index contributed by atoms with van der Waals surface area (Å²) in [6.45, 7) is 3.88. The lowest BCUT2D eigenvalue weighted by Gasteiger charge is -2.16. The number of amides is 2. The molecule has 0 radical (unpaired) electrons. The Morgan fingerprint density at radius 1 is 1.29 bits per heavy atom. The molecule has 1 aromatic carbocycles. The number of hydrogen-bond acceptors (Lipinski definition) is 3. The smallest absolute Gasteiger partial charge is 0.308 e. The van der Waals surface area contributed by atoms with Gasteiger partial charge in [0.2, 0.25) is 5.91 Å². The van der Waals surface area contributed by atoms with Crippen molar-refractivity contribution >= 4 is 23.5 Å². The number of nitrogens with one attached hydrogen (secondary N) is 1. The second kappa shape index (κ2) is 5.95. The van der Waals surface area contributed by atoms with Gasteiger partial charge in [0.15, 0.2) is 0 Å². The highest BCUT2D eigenvalue weighted by Gasteiger charge is 2.37. The lowest BCUT2D eigenvalue weighted by atomic mass is 9.99. The van der Waals surface area contributed by atoms with Crippen molar-refractivity contribution in [1.29, 1.82) is 0 Å². The van der Waals surface area contributed by atoms with E-state index in [0.717, 1.165) is 0 Å². The second-order valence-corrected chi connectivity index (χ2v) is 5.39. The Labute approximate surface area is 122 Å². The molecule has 2 amide bonds. The monoisotopic (exact) mass is 290 g/mol. The summed E-state index contributed by atoms with van der Waals surface area (Å²) in [6.07, 6.45) is 0. The fourth-order valence-corrected chi connectivity index (χ4v) is 2.57. The normalized spacial score (nSPS) is 21.1. The van der Waals surface area contributed by atoms with E-state index in [4.69, 9.17) is 5.11 Å². The maximum Gasteiger partial charge on any atom is 0.308 e. The molecular weight excluding hydrogens is 272 g/mol. The van der Waals surface area contributed by atoms with Gasteiger partial charge in [0.05, 0.1) is 5.92 Å². The fraction of sp³-hybridized carbons (Fsp3) is 0.400. The third-order valence-corrected chi connectivity index (χ3v) is 3.65. The molecule has 0 spiro atoms. The van der Waals surface area contributed by atoms with E-state index < -0.39 is 11.9 Å². The first-order valence-corrected chi connectivity index (χ1v) is 6.78. The summed E-state index contributed by atoms with van der Waals surface area (Å²) < 4.78 is 0. The standard InChI is InChI=1S/C15H18N2O4/c1-9-7-17(8-13(9)15(20)21)14(19)11-4-3-5-12(6-11)16-10(2)18/h3-6,9,13H,7-8H2,1-2H3,(H,16,18)(H,20,21)/t9-,13-/m1/s1. The summed E-state index contributed by atoms with van der Waals surface area (Å²) in [5, 5.41) is 11.7. The summed E-state index contributed by atoms with van der Waals surface area (Å²) in [4.78, 5) is 36.1. The van der Waals surface area contributed by atoms with Crippen LogP contribution in [-0.4, -0.2) is 40.9 Å². The minimum absolute atomic E-state index is 0.0648. The van der Waals surface area contributed by atoms with Crippen molar-refractivity contribution in [2.24, 2.45) is 11.8 Å². The molecule has 6 nitrogen and oxygen atoms in total. The molecule has 112 valence electrons. The highest BCUT2D eigenvalue weighted by molar-refractivity contribution is 5.97. The second-order valence-electron chi connectivity index (χ2n) is 5.39. The van der Waals surface area contributed by atoms with E-state index in [1.807, 2.05) is 6.92 Å². The van der Waals surface area contributed by atoms with Crippen molar-refractivity contribution < 1.29 is 19.5 Å². The number of nitrogens with zero attached hydrogens (tertiary/aromatic N) is 1. The maximum absolute atomic E-state index is 12.4. The van der Waals surface area contributed by atoms with Crippen molar-refractivity contribution in [3.8, 4) is 0 Å². The molecule has 0 aromatic heterocycles. The first kappa shape index (κ1) is 15.0. The Balaban J connectivity index is 2.14. The van der Waals surface area contributed by atoms with Crippen LogP contribution < -0.4 is 5.32 Å².